The SMILES string of the molecule is CNc1ccccc1C(=O)OC1C(O)C2(CO)C(O)CC3(C)C(=CCC4C5(C)CCC(OC6OC(COC7OC(COC8OCC(O)C(O)C8O)C(O)C(O)C7O)C(O)C(O)C6O)C(C)(C)C5CCC43C)C2CC1(C)C. The van der Waals surface area contributed by atoms with Crippen LogP contribution in [-0.4, -0.2) is 211 Å². The van der Waals surface area contributed by atoms with E-state index in [1.54, 1.807) is 25.2 Å². The molecule has 0 amide bonds. The van der Waals surface area contributed by atoms with E-state index in [0.29, 0.717) is 24.1 Å². The molecule has 21 nitrogen and oxygen atoms in total. The van der Waals surface area contributed by atoms with Gasteiger partial charge in [0.1, 0.15) is 79.4 Å². The molecule has 1 aromatic carbocycles. The highest BCUT2D eigenvalue weighted by Crippen LogP contribution is 2.76. The number of benzene rings is 1. The first-order valence-electron chi connectivity index (χ1n) is 27.2. The summed E-state index contributed by atoms with van der Waals surface area (Å²) in [4.78, 5) is 13.8. The molecule has 0 bridgehead atoms. The minimum Gasteiger partial charge on any atom is -0.455 e. The van der Waals surface area contributed by atoms with Gasteiger partial charge in [-0.3, -0.25) is 0 Å². The van der Waals surface area contributed by atoms with Crippen molar-refractivity contribution in [1.29, 1.82) is 0 Å². The maximum absolute atomic E-state index is 13.8. The summed E-state index contributed by atoms with van der Waals surface area (Å²) in [5, 5.41) is 135. The molecular weight excluding hydrogens is 995 g/mol. The Kier molecular flexibility index (Phi) is 16.2. The lowest BCUT2D eigenvalue weighted by Gasteiger charge is -2.72. The first-order valence-corrected chi connectivity index (χ1v) is 27.2. The van der Waals surface area contributed by atoms with E-state index in [9.17, 15) is 66.1 Å². The van der Waals surface area contributed by atoms with E-state index in [4.69, 9.17) is 33.2 Å². The molecule has 4 saturated carbocycles. The zero-order valence-electron chi connectivity index (χ0n) is 44.9. The normalized spacial score (nSPS) is 49.7. The molecule has 13 N–H and O–H groups in total. The van der Waals surface area contributed by atoms with Gasteiger partial charge >= 0.3 is 5.97 Å². The lowest BCUT2D eigenvalue weighted by Crippen LogP contribution is -2.72. The van der Waals surface area contributed by atoms with E-state index in [-0.39, 0.29) is 35.7 Å². The molecule has 7 fully saturated rings. The number of nitrogens with one attached hydrogen (secondary N) is 1. The number of para-hydroxylation sites is 1. The highest BCUT2D eigenvalue weighted by atomic mass is 16.7. The Morgan fingerprint density at radius 2 is 1.32 bits per heavy atom. The van der Waals surface area contributed by atoms with Gasteiger partial charge in [0.25, 0.3) is 0 Å². The number of fused-ring (bicyclic) bond motifs is 7. The second-order valence-electron chi connectivity index (χ2n) is 25.5. The first-order chi connectivity index (χ1) is 35.6. The zero-order valence-corrected chi connectivity index (χ0v) is 44.9. The minimum atomic E-state index is -1.80. The number of esters is 1. The number of ether oxygens (including phenoxy) is 7. The van der Waals surface area contributed by atoms with Gasteiger partial charge in [0.2, 0.25) is 0 Å². The molecule has 76 heavy (non-hydrogen) atoms. The van der Waals surface area contributed by atoms with Crippen LogP contribution in [0.5, 0.6) is 0 Å². The molecule has 8 aliphatic rings. The molecule has 21 heteroatoms. The fourth-order valence-electron chi connectivity index (χ4n) is 16.2. The van der Waals surface area contributed by atoms with Gasteiger partial charge in [0.15, 0.2) is 18.9 Å². The van der Waals surface area contributed by atoms with Crippen molar-refractivity contribution < 1.29 is 99.2 Å². The van der Waals surface area contributed by atoms with E-state index in [0.717, 1.165) is 31.3 Å². The van der Waals surface area contributed by atoms with Crippen molar-refractivity contribution in [1.82, 2.24) is 0 Å². The first kappa shape index (κ1) is 58.2. The van der Waals surface area contributed by atoms with Gasteiger partial charge in [-0.2, -0.15) is 0 Å². The summed E-state index contributed by atoms with van der Waals surface area (Å²) in [5.41, 5.74) is -1.71. The molecular formula is C55H85NO20. The molecule has 25 unspecified atom stereocenters. The summed E-state index contributed by atoms with van der Waals surface area (Å²) in [7, 11) is 1.71. The van der Waals surface area contributed by atoms with E-state index in [1.807, 2.05) is 19.9 Å². The molecule has 3 aliphatic heterocycles. The number of carbonyl (C=O) groups is 1. The Labute approximate surface area is 444 Å². The van der Waals surface area contributed by atoms with Crippen molar-refractivity contribution in [2.75, 3.05) is 38.8 Å². The van der Waals surface area contributed by atoms with E-state index in [2.05, 4.69) is 46.0 Å². The van der Waals surface area contributed by atoms with Crippen molar-refractivity contribution in [2.24, 2.45) is 50.2 Å². The van der Waals surface area contributed by atoms with Crippen molar-refractivity contribution >= 4 is 11.7 Å². The standard InChI is InChI=1S/C55H85NO20/c1-50(2)19-27-26-13-14-33-52(5)17-16-35(75-49-43(67)40(64)38(62)31(74-49)23-72-48-42(66)39(63)37(61)30(73-48)22-71-47-41(65)36(60)29(58)21-70-47)51(3,4)32(52)15-18-53(33,6)54(26,7)20-34(59)55(27,24-57)44(68)45(50)76-46(69)25-11-9-10-12-28(25)56-8/h9-13,27,29-45,47-49,56-68H,14-24H2,1-8H3. The monoisotopic (exact) mass is 1080 g/mol. The number of carbonyl (C=O) groups excluding carboxylic acids is 1. The quantitative estimate of drug-likeness (QED) is 0.0748. The summed E-state index contributed by atoms with van der Waals surface area (Å²) in [6.07, 6.45) is -19.4. The molecule has 9 rings (SSSR count). The fourth-order valence-corrected chi connectivity index (χ4v) is 16.2. The van der Waals surface area contributed by atoms with Crippen LogP contribution in [0.15, 0.2) is 35.9 Å². The van der Waals surface area contributed by atoms with Gasteiger partial charge in [0, 0.05) is 18.2 Å². The Morgan fingerprint density at radius 1 is 0.711 bits per heavy atom. The van der Waals surface area contributed by atoms with Gasteiger partial charge in [-0.05, 0) is 96.5 Å². The number of rotatable bonds is 12. The van der Waals surface area contributed by atoms with Crippen LogP contribution in [0.1, 0.15) is 104 Å². The largest absolute Gasteiger partial charge is 0.455 e. The third kappa shape index (κ3) is 9.21. The van der Waals surface area contributed by atoms with Crippen LogP contribution in [0.3, 0.4) is 0 Å². The van der Waals surface area contributed by atoms with Crippen molar-refractivity contribution in [3.63, 3.8) is 0 Å². The van der Waals surface area contributed by atoms with E-state index in [1.165, 1.54) is 0 Å². The molecule has 3 saturated heterocycles. The maximum Gasteiger partial charge on any atom is 0.340 e. The second kappa shape index (κ2) is 21.1. The van der Waals surface area contributed by atoms with Crippen LogP contribution in [0.4, 0.5) is 5.69 Å². The van der Waals surface area contributed by atoms with Crippen LogP contribution < -0.4 is 5.32 Å². The number of allylic oxidation sites excluding steroid dienone is 2. The average molecular weight is 1080 g/mol. The molecule has 0 aromatic heterocycles. The number of aliphatic hydroxyl groups is 12. The van der Waals surface area contributed by atoms with Gasteiger partial charge in [-0.15, -0.1) is 0 Å². The molecule has 5 aliphatic carbocycles. The zero-order chi connectivity index (χ0) is 55.4. The highest BCUT2D eigenvalue weighted by molar-refractivity contribution is 5.95. The highest BCUT2D eigenvalue weighted by Gasteiger charge is 2.73. The predicted octanol–water partition coefficient (Wildman–Crippen LogP) is 0.0718. The smallest absolute Gasteiger partial charge is 0.340 e. The summed E-state index contributed by atoms with van der Waals surface area (Å²) >= 11 is 0. The third-order valence-corrected chi connectivity index (χ3v) is 20.9. The van der Waals surface area contributed by atoms with Crippen LogP contribution in [0, 0.1) is 50.2 Å². The van der Waals surface area contributed by atoms with Crippen LogP contribution in [-0.2, 0) is 33.2 Å². The minimum absolute atomic E-state index is 0.1000. The van der Waals surface area contributed by atoms with Gasteiger partial charge in [0.05, 0.1) is 49.6 Å². The summed E-state index contributed by atoms with van der Waals surface area (Å²) in [5.74, 6) is -0.764. The van der Waals surface area contributed by atoms with E-state index >= 15 is 0 Å². The number of hydrogen-bond donors (Lipinski definition) is 13. The summed E-state index contributed by atoms with van der Waals surface area (Å²) in [6.45, 7) is 13.3. The van der Waals surface area contributed by atoms with Gasteiger partial charge < -0.3 is 99.8 Å². The fraction of sp³-hybridized carbons (Fsp3) is 0.836. The topological polar surface area (TPSA) is 336 Å². The Bertz CT molecular complexity index is 2270. The molecule has 3 heterocycles. The lowest BCUT2D eigenvalue weighted by atomic mass is 9.33. The van der Waals surface area contributed by atoms with Gasteiger partial charge in [-0.25, -0.2) is 4.79 Å². The number of anilines is 1. The Hall–Kier alpha value is -2.49. The molecule has 0 radical (unpaired) electrons. The van der Waals surface area contributed by atoms with Crippen molar-refractivity contribution in [3.8, 4) is 0 Å². The third-order valence-electron chi connectivity index (χ3n) is 20.9. The van der Waals surface area contributed by atoms with Crippen molar-refractivity contribution in [3.05, 3.63) is 41.5 Å². The Balaban J connectivity index is 0.882. The predicted molar refractivity (Wildman–Crippen MR) is 267 cm³/mol. The molecule has 0 spiro atoms. The molecule has 1 aromatic rings. The second-order valence-corrected chi connectivity index (χ2v) is 25.5. The van der Waals surface area contributed by atoms with Gasteiger partial charge in [-0.1, -0.05) is 72.2 Å². The number of hydrogen-bond acceptors (Lipinski definition) is 21. The van der Waals surface area contributed by atoms with Crippen LogP contribution in [0.2, 0.25) is 0 Å². The number of aliphatic hydroxyl groups excluding tert-OH is 12. The summed E-state index contributed by atoms with van der Waals surface area (Å²) < 4.78 is 41.3. The Morgan fingerprint density at radius 3 is 1.96 bits per heavy atom. The molecule has 430 valence electrons. The maximum atomic E-state index is 13.8. The molecule has 25 atom stereocenters. The average Bonchev–Trinajstić information content (AvgIpc) is 3.40. The lowest BCUT2D eigenvalue weighted by molar-refractivity contribution is -0.348. The van der Waals surface area contributed by atoms with E-state index < -0.39 is 164 Å². The van der Waals surface area contributed by atoms with Crippen molar-refractivity contribution in [2.45, 2.75) is 204 Å². The summed E-state index contributed by atoms with van der Waals surface area (Å²) in [6, 6.07) is 6.98. The van der Waals surface area contributed by atoms with Crippen LogP contribution in [0.25, 0.3) is 0 Å². The van der Waals surface area contributed by atoms with Crippen LogP contribution >= 0.6 is 0 Å².